The van der Waals surface area contributed by atoms with Crippen molar-refractivity contribution in [2.45, 2.75) is 20.3 Å². The fourth-order valence-corrected chi connectivity index (χ4v) is 3.01. The van der Waals surface area contributed by atoms with Crippen LogP contribution in [0.4, 0.5) is 5.69 Å². The molecule has 0 spiro atoms. The lowest BCUT2D eigenvalue weighted by atomic mass is 10.1. The average molecular weight is 410 g/mol. The molecule has 0 saturated carbocycles. The lowest BCUT2D eigenvalue weighted by molar-refractivity contribution is -0.139. The van der Waals surface area contributed by atoms with Crippen LogP contribution in [0.25, 0.3) is 0 Å². The standard InChI is InChI=1S/C22H22N2O6/c1-13(2)9-10-24-21(28)17-8-3-14(11-18(17)22(24)29)20(27)23-15-4-6-16(7-5-15)30-12-19(25)26/h3-8,11,13H,9-10,12H2,1-2H3,(H,23,27)(H,25,26). The van der Waals surface area contributed by atoms with Crippen LogP contribution in [0, 0.1) is 5.92 Å². The van der Waals surface area contributed by atoms with Gasteiger partial charge in [-0.1, -0.05) is 13.8 Å². The topological polar surface area (TPSA) is 113 Å². The number of carbonyl (C=O) groups is 4. The molecule has 0 saturated heterocycles. The number of carboxylic acids is 1. The van der Waals surface area contributed by atoms with Crippen LogP contribution in [-0.4, -0.2) is 46.8 Å². The third kappa shape index (κ3) is 4.65. The van der Waals surface area contributed by atoms with Crippen LogP contribution in [0.3, 0.4) is 0 Å². The summed E-state index contributed by atoms with van der Waals surface area (Å²) in [6.07, 6.45) is 0.713. The number of anilines is 1. The molecule has 1 aliphatic heterocycles. The third-order valence-corrected chi connectivity index (χ3v) is 4.64. The second kappa shape index (κ2) is 8.77. The van der Waals surface area contributed by atoms with Crippen molar-refractivity contribution >= 4 is 29.4 Å². The Bertz CT molecular complexity index is 997. The summed E-state index contributed by atoms with van der Waals surface area (Å²) in [4.78, 5) is 49.4. The summed E-state index contributed by atoms with van der Waals surface area (Å²) in [6, 6.07) is 10.7. The molecule has 3 amide bonds. The van der Waals surface area contributed by atoms with Gasteiger partial charge in [0.1, 0.15) is 5.75 Å². The van der Waals surface area contributed by atoms with Crippen LogP contribution >= 0.6 is 0 Å². The molecule has 2 aromatic rings. The van der Waals surface area contributed by atoms with Crippen molar-refractivity contribution in [1.29, 1.82) is 0 Å². The second-order valence-corrected chi connectivity index (χ2v) is 7.37. The molecule has 8 heteroatoms. The highest BCUT2D eigenvalue weighted by Crippen LogP contribution is 2.25. The maximum Gasteiger partial charge on any atom is 0.341 e. The number of carboxylic acid groups (broad SMARTS) is 1. The van der Waals surface area contributed by atoms with Crippen molar-refractivity contribution in [3.05, 3.63) is 59.2 Å². The number of benzene rings is 2. The van der Waals surface area contributed by atoms with Crippen LogP contribution in [0.15, 0.2) is 42.5 Å². The van der Waals surface area contributed by atoms with E-state index in [9.17, 15) is 19.2 Å². The summed E-state index contributed by atoms with van der Waals surface area (Å²) in [5.74, 6) is -1.52. The number of hydrogen-bond acceptors (Lipinski definition) is 5. The van der Waals surface area contributed by atoms with E-state index >= 15 is 0 Å². The molecule has 3 rings (SSSR count). The van der Waals surface area contributed by atoms with Gasteiger partial charge in [-0.25, -0.2) is 4.79 Å². The van der Waals surface area contributed by atoms with E-state index in [-0.39, 0.29) is 22.9 Å². The molecule has 0 unspecified atom stereocenters. The molecule has 8 nitrogen and oxygen atoms in total. The number of carbonyl (C=O) groups excluding carboxylic acids is 3. The van der Waals surface area contributed by atoms with Crippen molar-refractivity contribution < 1.29 is 29.0 Å². The Kier molecular flexibility index (Phi) is 6.15. The number of nitrogens with one attached hydrogen (secondary N) is 1. The van der Waals surface area contributed by atoms with Gasteiger partial charge in [0, 0.05) is 17.8 Å². The number of fused-ring (bicyclic) bond motifs is 1. The Balaban J connectivity index is 1.69. The summed E-state index contributed by atoms with van der Waals surface area (Å²) in [7, 11) is 0. The van der Waals surface area contributed by atoms with E-state index in [0.717, 1.165) is 0 Å². The van der Waals surface area contributed by atoms with Crippen LogP contribution < -0.4 is 10.1 Å². The third-order valence-electron chi connectivity index (χ3n) is 4.64. The van der Waals surface area contributed by atoms with Gasteiger partial charge in [-0.05, 0) is 54.8 Å². The monoisotopic (exact) mass is 410 g/mol. The van der Waals surface area contributed by atoms with Gasteiger partial charge in [0.2, 0.25) is 0 Å². The van der Waals surface area contributed by atoms with Crippen LogP contribution in [0.2, 0.25) is 0 Å². The molecule has 30 heavy (non-hydrogen) atoms. The molecular weight excluding hydrogens is 388 g/mol. The summed E-state index contributed by atoms with van der Waals surface area (Å²) in [6.45, 7) is 3.93. The lowest BCUT2D eigenvalue weighted by Gasteiger charge is -2.14. The minimum absolute atomic E-state index is 0.230. The van der Waals surface area contributed by atoms with Gasteiger partial charge in [0.15, 0.2) is 6.61 Å². The largest absolute Gasteiger partial charge is 0.482 e. The Morgan fingerprint density at radius 1 is 1.03 bits per heavy atom. The average Bonchev–Trinajstić information content (AvgIpc) is 2.95. The first-order chi connectivity index (χ1) is 14.3. The van der Waals surface area contributed by atoms with Crippen molar-refractivity contribution in [2.75, 3.05) is 18.5 Å². The number of imide groups is 1. The lowest BCUT2D eigenvalue weighted by Crippen LogP contribution is -2.31. The molecule has 0 fully saturated rings. The normalized spacial score (nSPS) is 12.8. The maximum absolute atomic E-state index is 12.6. The number of amides is 3. The molecule has 0 aromatic heterocycles. The van der Waals surface area contributed by atoms with E-state index < -0.39 is 18.5 Å². The number of aliphatic carboxylic acids is 1. The molecule has 0 aliphatic carbocycles. The highest BCUT2D eigenvalue weighted by Gasteiger charge is 2.35. The number of nitrogens with zero attached hydrogens (tertiary/aromatic N) is 1. The molecule has 1 heterocycles. The molecule has 2 N–H and O–H groups in total. The fourth-order valence-electron chi connectivity index (χ4n) is 3.01. The summed E-state index contributed by atoms with van der Waals surface area (Å²) >= 11 is 0. The zero-order chi connectivity index (χ0) is 21.8. The summed E-state index contributed by atoms with van der Waals surface area (Å²) in [5.41, 5.74) is 1.27. The Morgan fingerprint density at radius 2 is 1.70 bits per heavy atom. The molecule has 0 bridgehead atoms. The Morgan fingerprint density at radius 3 is 2.33 bits per heavy atom. The zero-order valence-corrected chi connectivity index (χ0v) is 16.7. The van der Waals surface area contributed by atoms with Gasteiger partial charge in [0.05, 0.1) is 11.1 Å². The molecule has 156 valence electrons. The van der Waals surface area contributed by atoms with E-state index in [0.29, 0.717) is 35.9 Å². The quantitative estimate of drug-likeness (QED) is 0.647. The highest BCUT2D eigenvalue weighted by atomic mass is 16.5. The number of ether oxygens (including phenoxy) is 1. The van der Waals surface area contributed by atoms with Crippen molar-refractivity contribution in [3.8, 4) is 5.75 Å². The van der Waals surface area contributed by atoms with Gasteiger partial charge in [-0.2, -0.15) is 0 Å². The Hall–Kier alpha value is -3.68. The van der Waals surface area contributed by atoms with Gasteiger partial charge in [-0.3, -0.25) is 19.3 Å². The fraction of sp³-hybridized carbons (Fsp3) is 0.273. The molecule has 0 radical (unpaired) electrons. The van der Waals surface area contributed by atoms with Gasteiger partial charge in [-0.15, -0.1) is 0 Å². The van der Waals surface area contributed by atoms with E-state index in [2.05, 4.69) is 5.32 Å². The van der Waals surface area contributed by atoms with Gasteiger partial charge >= 0.3 is 5.97 Å². The first-order valence-electron chi connectivity index (χ1n) is 9.52. The molecule has 0 atom stereocenters. The molecule has 2 aromatic carbocycles. The molecule has 1 aliphatic rings. The zero-order valence-electron chi connectivity index (χ0n) is 16.7. The first-order valence-corrected chi connectivity index (χ1v) is 9.52. The smallest absolute Gasteiger partial charge is 0.341 e. The highest BCUT2D eigenvalue weighted by molar-refractivity contribution is 6.22. The van der Waals surface area contributed by atoms with Crippen molar-refractivity contribution in [1.82, 2.24) is 4.90 Å². The minimum Gasteiger partial charge on any atom is -0.482 e. The second-order valence-electron chi connectivity index (χ2n) is 7.37. The summed E-state index contributed by atoms with van der Waals surface area (Å²) in [5, 5.41) is 11.3. The van der Waals surface area contributed by atoms with E-state index in [4.69, 9.17) is 9.84 Å². The van der Waals surface area contributed by atoms with Crippen LogP contribution in [0.5, 0.6) is 5.75 Å². The van der Waals surface area contributed by atoms with Gasteiger partial charge in [0.25, 0.3) is 17.7 Å². The van der Waals surface area contributed by atoms with Crippen molar-refractivity contribution in [3.63, 3.8) is 0 Å². The summed E-state index contributed by atoms with van der Waals surface area (Å²) < 4.78 is 5.04. The predicted octanol–water partition coefficient (Wildman–Crippen LogP) is 3.04. The predicted molar refractivity (Wildman–Crippen MR) is 109 cm³/mol. The van der Waals surface area contributed by atoms with E-state index in [1.54, 1.807) is 12.1 Å². The number of rotatable bonds is 8. The SMILES string of the molecule is CC(C)CCN1C(=O)c2ccc(C(=O)Nc3ccc(OCC(=O)O)cc3)cc2C1=O. The van der Waals surface area contributed by atoms with E-state index in [1.807, 2.05) is 13.8 Å². The first kappa shape index (κ1) is 21.0. The maximum atomic E-state index is 12.6. The number of hydrogen-bond donors (Lipinski definition) is 2. The van der Waals surface area contributed by atoms with Crippen LogP contribution in [-0.2, 0) is 4.79 Å². The minimum atomic E-state index is -1.08. The van der Waals surface area contributed by atoms with Gasteiger partial charge < -0.3 is 15.2 Å². The van der Waals surface area contributed by atoms with Crippen molar-refractivity contribution in [2.24, 2.45) is 5.92 Å². The Labute approximate surface area is 173 Å². The molecular formula is C22H22N2O6. The van der Waals surface area contributed by atoms with E-state index in [1.165, 1.54) is 35.2 Å². The van der Waals surface area contributed by atoms with Crippen LogP contribution in [0.1, 0.15) is 51.3 Å².